The van der Waals surface area contributed by atoms with Crippen molar-refractivity contribution in [3.05, 3.63) is 33.9 Å². The molecule has 1 amide bonds. The largest absolute Gasteiger partial charge is 0.504 e. The standard InChI is InChI=1S/C15H17N5O3S2/c1-8-4-5-9(23-8)6-16-13-14(19-25-18-13)17-10-7-24-12(11(10)21)15(22)20(2)3/h4-5,7,21H,6H2,1-3H3,(H,16,18)(H,17,19). The number of carbonyl (C=O) groups is 1. The first-order valence-corrected chi connectivity index (χ1v) is 8.97. The van der Waals surface area contributed by atoms with E-state index in [1.807, 2.05) is 19.1 Å². The lowest BCUT2D eigenvalue weighted by atomic mass is 10.3. The van der Waals surface area contributed by atoms with Gasteiger partial charge in [-0.2, -0.15) is 8.75 Å². The Morgan fingerprint density at radius 2 is 2.08 bits per heavy atom. The molecule has 0 aliphatic rings. The summed E-state index contributed by atoms with van der Waals surface area (Å²) >= 11 is 2.21. The Hall–Kier alpha value is -2.59. The van der Waals surface area contributed by atoms with Crippen molar-refractivity contribution in [1.29, 1.82) is 0 Å². The molecule has 3 heterocycles. The summed E-state index contributed by atoms with van der Waals surface area (Å²) in [6.07, 6.45) is 0. The van der Waals surface area contributed by atoms with E-state index in [9.17, 15) is 9.90 Å². The zero-order valence-corrected chi connectivity index (χ0v) is 15.5. The highest BCUT2D eigenvalue weighted by atomic mass is 32.1. The molecule has 0 unspecified atom stereocenters. The Balaban J connectivity index is 1.72. The normalized spacial score (nSPS) is 10.7. The van der Waals surface area contributed by atoms with E-state index in [1.54, 1.807) is 19.5 Å². The van der Waals surface area contributed by atoms with Crippen molar-refractivity contribution < 1.29 is 14.3 Å². The van der Waals surface area contributed by atoms with Crippen molar-refractivity contribution in [2.24, 2.45) is 0 Å². The van der Waals surface area contributed by atoms with Crippen molar-refractivity contribution in [3.8, 4) is 5.75 Å². The van der Waals surface area contributed by atoms with Gasteiger partial charge < -0.3 is 25.1 Å². The highest BCUT2D eigenvalue weighted by Gasteiger charge is 2.20. The number of aryl methyl sites for hydroxylation is 1. The number of amides is 1. The Morgan fingerprint density at radius 1 is 1.32 bits per heavy atom. The van der Waals surface area contributed by atoms with Crippen molar-refractivity contribution >= 4 is 46.3 Å². The van der Waals surface area contributed by atoms with Gasteiger partial charge in [-0.3, -0.25) is 4.79 Å². The number of furan rings is 1. The van der Waals surface area contributed by atoms with Gasteiger partial charge in [-0.25, -0.2) is 0 Å². The van der Waals surface area contributed by atoms with Gasteiger partial charge in [0.15, 0.2) is 17.4 Å². The fraction of sp³-hybridized carbons (Fsp3) is 0.267. The predicted molar refractivity (Wildman–Crippen MR) is 98.0 cm³/mol. The van der Waals surface area contributed by atoms with E-state index in [2.05, 4.69) is 19.4 Å². The quantitative estimate of drug-likeness (QED) is 0.604. The van der Waals surface area contributed by atoms with E-state index in [1.165, 1.54) is 16.2 Å². The zero-order valence-electron chi connectivity index (χ0n) is 13.9. The molecule has 3 aromatic rings. The third-order valence-corrected chi connectivity index (χ3v) is 4.82. The highest BCUT2D eigenvalue weighted by Crippen LogP contribution is 2.37. The summed E-state index contributed by atoms with van der Waals surface area (Å²) in [5.74, 6) is 2.31. The number of aromatic nitrogens is 2. The van der Waals surface area contributed by atoms with E-state index in [0.717, 1.165) is 23.2 Å². The number of carbonyl (C=O) groups excluding carboxylic acids is 1. The van der Waals surface area contributed by atoms with Crippen LogP contribution in [0.15, 0.2) is 21.9 Å². The first-order valence-electron chi connectivity index (χ1n) is 7.36. The molecule has 0 aliphatic carbocycles. The number of hydrogen-bond acceptors (Lipinski definition) is 9. The average Bonchev–Trinajstić information content (AvgIpc) is 3.27. The van der Waals surface area contributed by atoms with Crippen molar-refractivity contribution in [3.63, 3.8) is 0 Å². The fourth-order valence-corrected chi connectivity index (χ4v) is 3.46. The summed E-state index contributed by atoms with van der Waals surface area (Å²) in [7, 11) is 3.27. The third-order valence-electron chi connectivity index (χ3n) is 3.33. The van der Waals surface area contributed by atoms with Crippen LogP contribution in [0.4, 0.5) is 17.3 Å². The maximum Gasteiger partial charge on any atom is 0.267 e. The van der Waals surface area contributed by atoms with E-state index in [0.29, 0.717) is 23.9 Å². The summed E-state index contributed by atoms with van der Waals surface area (Å²) in [4.78, 5) is 13.7. The van der Waals surface area contributed by atoms with Crippen LogP contribution >= 0.6 is 23.1 Å². The molecule has 0 fully saturated rings. The zero-order chi connectivity index (χ0) is 18.0. The van der Waals surface area contributed by atoms with E-state index >= 15 is 0 Å². The number of rotatable bonds is 6. The van der Waals surface area contributed by atoms with Gasteiger partial charge in [-0.05, 0) is 19.1 Å². The van der Waals surface area contributed by atoms with Gasteiger partial charge in [-0.1, -0.05) is 0 Å². The molecular weight excluding hydrogens is 362 g/mol. The summed E-state index contributed by atoms with van der Waals surface area (Å²) in [6, 6.07) is 3.78. The van der Waals surface area contributed by atoms with Gasteiger partial charge in [0.2, 0.25) is 0 Å². The lowest BCUT2D eigenvalue weighted by Crippen LogP contribution is -2.20. The van der Waals surface area contributed by atoms with Gasteiger partial charge in [0.25, 0.3) is 5.91 Å². The predicted octanol–water partition coefficient (Wildman–Crippen LogP) is 3.26. The molecule has 3 N–H and O–H groups in total. The van der Waals surface area contributed by atoms with Crippen LogP contribution in [0.1, 0.15) is 21.2 Å². The maximum atomic E-state index is 12.0. The van der Waals surface area contributed by atoms with Gasteiger partial charge in [-0.15, -0.1) is 11.3 Å². The minimum absolute atomic E-state index is 0.0932. The Kier molecular flexibility index (Phi) is 4.91. The minimum Gasteiger partial charge on any atom is -0.504 e. The second-order valence-corrected chi connectivity index (χ2v) is 6.89. The molecule has 132 valence electrons. The monoisotopic (exact) mass is 379 g/mol. The second kappa shape index (κ2) is 7.11. The first kappa shape index (κ1) is 17.2. The van der Waals surface area contributed by atoms with Crippen LogP contribution in [-0.4, -0.2) is 38.8 Å². The summed E-state index contributed by atoms with van der Waals surface area (Å²) in [6.45, 7) is 2.35. The molecule has 0 saturated carbocycles. The number of thiophene rings is 1. The molecule has 25 heavy (non-hydrogen) atoms. The van der Waals surface area contributed by atoms with Crippen molar-refractivity contribution in [1.82, 2.24) is 13.6 Å². The van der Waals surface area contributed by atoms with E-state index in [4.69, 9.17) is 4.42 Å². The average molecular weight is 379 g/mol. The van der Waals surface area contributed by atoms with E-state index in [-0.39, 0.29) is 16.5 Å². The van der Waals surface area contributed by atoms with E-state index < -0.39 is 0 Å². The first-order chi connectivity index (χ1) is 12.0. The smallest absolute Gasteiger partial charge is 0.267 e. The summed E-state index contributed by atoms with van der Waals surface area (Å²) in [5, 5.41) is 18.1. The SMILES string of the molecule is Cc1ccc(CNc2nsnc2Nc2csc(C(=O)N(C)C)c2O)o1. The van der Waals surface area contributed by atoms with Crippen LogP contribution in [0.2, 0.25) is 0 Å². The lowest BCUT2D eigenvalue weighted by Gasteiger charge is -2.09. The van der Waals surface area contributed by atoms with Crippen LogP contribution in [0.3, 0.4) is 0 Å². The van der Waals surface area contributed by atoms with Crippen LogP contribution in [-0.2, 0) is 6.54 Å². The molecule has 3 aromatic heterocycles. The fourth-order valence-electron chi connectivity index (χ4n) is 2.06. The van der Waals surface area contributed by atoms with Gasteiger partial charge >= 0.3 is 0 Å². The van der Waals surface area contributed by atoms with Gasteiger partial charge in [0.1, 0.15) is 16.4 Å². The number of anilines is 3. The van der Waals surface area contributed by atoms with Crippen molar-refractivity contribution in [2.45, 2.75) is 13.5 Å². The molecule has 0 aromatic carbocycles. The van der Waals surface area contributed by atoms with Crippen LogP contribution in [0, 0.1) is 6.92 Å². The molecule has 0 radical (unpaired) electrons. The minimum atomic E-state index is -0.251. The molecule has 0 aliphatic heterocycles. The van der Waals surface area contributed by atoms with Crippen LogP contribution < -0.4 is 10.6 Å². The molecule has 3 rings (SSSR count). The summed E-state index contributed by atoms with van der Waals surface area (Å²) in [5.41, 5.74) is 0.416. The Labute approximate surface area is 152 Å². The molecule has 0 bridgehead atoms. The highest BCUT2D eigenvalue weighted by molar-refractivity contribution is 7.13. The number of hydrogen-bond donors (Lipinski definition) is 3. The van der Waals surface area contributed by atoms with Crippen molar-refractivity contribution in [2.75, 3.05) is 24.7 Å². The Bertz CT molecular complexity index is 884. The molecular formula is C15H17N5O3S2. The molecule has 10 heteroatoms. The molecule has 8 nitrogen and oxygen atoms in total. The lowest BCUT2D eigenvalue weighted by molar-refractivity contribution is 0.0829. The van der Waals surface area contributed by atoms with Crippen LogP contribution in [0.5, 0.6) is 5.75 Å². The molecule has 0 saturated heterocycles. The maximum absolute atomic E-state index is 12.0. The topological polar surface area (TPSA) is 104 Å². The second-order valence-electron chi connectivity index (χ2n) is 5.48. The Morgan fingerprint density at radius 3 is 2.76 bits per heavy atom. The number of nitrogens with one attached hydrogen (secondary N) is 2. The van der Waals surface area contributed by atoms with Gasteiger partial charge in [0, 0.05) is 19.5 Å². The third kappa shape index (κ3) is 3.74. The molecule has 0 atom stereocenters. The number of nitrogens with zero attached hydrogens (tertiary/aromatic N) is 3. The summed E-state index contributed by atoms with van der Waals surface area (Å²) < 4.78 is 13.9. The van der Waals surface area contributed by atoms with Crippen LogP contribution in [0.25, 0.3) is 0 Å². The molecule has 0 spiro atoms. The number of aromatic hydroxyl groups is 1. The van der Waals surface area contributed by atoms with Gasteiger partial charge in [0.05, 0.1) is 24.0 Å².